The minimum atomic E-state index is 0.875. The fourth-order valence-corrected chi connectivity index (χ4v) is 3.44. The van der Waals surface area contributed by atoms with E-state index in [1.54, 1.807) is 0 Å². The lowest BCUT2D eigenvalue weighted by molar-refractivity contribution is -0.674. The van der Waals surface area contributed by atoms with Crippen molar-refractivity contribution in [2.24, 2.45) is 0 Å². The Morgan fingerprint density at radius 3 is 2.28 bits per heavy atom. The van der Waals surface area contributed by atoms with Gasteiger partial charge in [0, 0.05) is 29.7 Å². The number of nitrogens with zero attached hydrogens (tertiary/aromatic N) is 2. The van der Waals surface area contributed by atoms with Crippen molar-refractivity contribution in [2.75, 3.05) is 0 Å². The molecule has 0 aliphatic rings. The minimum absolute atomic E-state index is 0.875. The van der Waals surface area contributed by atoms with Gasteiger partial charge in [-0.15, -0.1) is 0 Å². The second kappa shape index (κ2) is 6.52. The first-order chi connectivity index (χ1) is 12.3. The first kappa shape index (κ1) is 15.6. The maximum absolute atomic E-state index is 6.04. The van der Waals surface area contributed by atoms with Gasteiger partial charge in [0.25, 0.3) is 5.52 Å². The van der Waals surface area contributed by atoms with E-state index in [9.17, 15) is 0 Å². The van der Waals surface area contributed by atoms with Crippen LogP contribution in [-0.4, -0.2) is 0 Å². The van der Waals surface area contributed by atoms with E-state index < -0.39 is 0 Å². The molecule has 4 rings (SSSR count). The fraction of sp³-hybridized carbons (Fsp3) is 0.182. The normalized spacial score (nSPS) is 11.8. The van der Waals surface area contributed by atoms with E-state index in [0.29, 0.717) is 0 Å². The molecule has 124 valence electrons. The molecule has 0 spiro atoms. The molecule has 0 atom stereocenters. The topological polar surface area (TPSA) is 20.9 Å². The van der Waals surface area contributed by atoms with Gasteiger partial charge in [-0.2, -0.15) is 9.13 Å². The Labute approximate surface area is 147 Å². The number of oxazole rings is 1. The summed E-state index contributed by atoms with van der Waals surface area (Å²) in [4.78, 5) is 0. The highest BCUT2D eigenvalue weighted by Crippen LogP contribution is 2.16. The number of para-hydroxylation sites is 3. The molecule has 0 saturated carbocycles. The Hall–Kier alpha value is -2.94. The minimum Gasteiger partial charge on any atom is -0.398 e. The molecule has 0 amide bonds. The van der Waals surface area contributed by atoms with Gasteiger partial charge in [-0.25, -0.2) is 0 Å². The van der Waals surface area contributed by atoms with Gasteiger partial charge in [0.2, 0.25) is 16.8 Å². The predicted molar refractivity (Wildman–Crippen MR) is 101 cm³/mol. The van der Waals surface area contributed by atoms with Crippen LogP contribution in [0.15, 0.2) is 65.1 Å². The van der Waals surface area contributed by atoms with Crippen LogP contribution < -0.4 is 9.13 Å². The molecule has 0 fully saturated rings. The van der Waals surface area contributed by atoms with Gasteiger partial charge in [0.15, 0.2) is 0 Å². The summed E-state index contributed by atoms with van der Waals surface area (Å²) < 4.78 is 10.6. The highest BCUT2D eigenvalue weighted by Gasteiger charge is 2.19. The fourth-order valence-electron chi connectivity index (χ4n) is 3.44. The summed E-state index contributed by atoms with van der Waals surface area (Å²) in [7, 11) is 0. The monoisotopic (exact) mass is 330 g/mol. The first-order valence-electron chi connectivity index (χ1n) is 8.83. The lowest BCUT2D eigenvalue weighted by Gasteiger charge is -2.02. The van der Waals surface area contributed by atoms with Gasteiger partial charge in [-0.1, -0.05) is 24.3 Å². The zero-order valence-corrected chi connectivity index (χ0v) is 14.6. The van der Waals surface area contributed by atoms with Crippen molar-refractivity contribution in [2.45, 2.75) is 26.9 Å². The summed E-state index contributed by atoms with van der Waals surface area (Å²) in [6, 6.07) is 21.0. The zero-order chi connectivity index (χ0) is 17.2. The average Bonchev–Trinajstić information content (AvgIpc) is 3.03. The SMILES string of the molecule is CC[n+]1c(/C=C/c2oc3ccccc3[n+]2CC)ccc2ccccc21. The number of hydrogen-bond acceptors (Lipinski definition) is 1. The molecule has 0 saturated heterocycles. The molecule has 0 bridgehead atoms. The van der Waals surface area contributed by atoms with Crippen LogP contribution in [0.3, 0.4) is 0 Å². The second-order valence-corrected chi connectivity index (χ2v) is 6.05. The van der Waals surface area contributed by atoms with E-state index in [0.717, 1.165) is 30.1 Å². The molecular weight excluding hydrogens is 308 g/mol. The summed E-state index contributed by atoms with van der Waals surface area (Å²) in [5.74, 6) is 0.875. The molecule has 3 nitrogen and oxygen atoms in total. The summed E-state index contributed by atoms with van der Waals surface area (Å²) in [6.45, 7) is 6.12. The van der Waals surface area contributed by atoms with Gasteiger partial charge in [-0.05, 0) is 32.0 Å². The first-order valence-corrected chi connectivity index (χ1v) is 8.83. The summed E-state index contributed by atoms with van der Waals surface area (Å²) in [5, 5.41) is 1.26. The Bertz CT molecular complexity index is 1080. The highest BCUT2D eigenvalue weighted by atomic mass is 16.3. The molecule has 0 aliphatic heterocycles. The number of aryl methyl sites for hydroxylation is 2. The van der Waals surface area contributed by atoms with Gasteiger partial charge in [0.1, 0.15) is 13.1 Å². The highest BCUT2D eigenvalue weighted by molar-refractivity contribution is 5.77. The molecular formula is C22H22N2O+2. The predicted octanol–water partition coefficient (Wildman–Crippen LogP) is 4.37. The molecule has 0 N–H and O–H groups in total. The quantitative estimate of drug-likeness (QED) is 0.509. The van der Waals surface area contributed by atoms with Crippen molar-refractivity contribution in [1.29, 1.82) is 0 Å². The van der Waals surface area contributed by atoms with Crippen LogP contribution in [0.5, 0.6) is 0 Å². The van der Waals surface area contributed by atoms with Crippen LogP contribution in [0.25, 0.3) is 34.2 Å². The summed E-state index contributed by atoms with van der Waals surface area (Å²) in [5.41, 5.74) is 4.47. The van der Waals surface area contributed by atoms with Crippen LogP contribution in [0.4, 0.5) is 0 Å². The Morgan fingerprint density at radius 2 is 1.48 bits per heavy atom. The number of pyridine rings is 1. The van der Waals surface area contributed by atoms with Crippen molar-refractivity contribution in [3.8, 4) is 0 Å². The standard InChI is InChI=1S/C22H22N2O/c1-3-23-18(14-13-17-9-5-6-10-19(17)23)15-16-22-24(4-2)20-11-7-8-12-21(20)25-22/h5-16H,3-4H2,1-2H3/q+2/b16-15+. The molecule has 3 heteroatoms. The van der Waals surface area contributed by atoms with Gasteiger partial charge < -0.3 is 4.42 Å². The van der Waals surface area contributed by atoms with Crippen LogP contribution in [0.1, 0.15) is 25.4 Å². The molecule has 0 aliphatic carbocycles. The largest absolute Gasteiger partial charge is 0.398 e. The third kappa shape index (κ3) is 2.72. The number of fused-ring (bicyclic) bond motifs is 2. The van der Waals surface area contributed by atoms with Gasteiger partial charge in [-0.3, -0.25) is 0 Å². The molecule has 0 unspecified atom stereocenters. The van der Waals surface area contributed by atoms with E-state index in [1.165, 1.54) is 16.6 Å². The number of hydrogen-bond donors (Lipinski definition) is 0. The maximum Gasteiger partial charge on any atom is 0.374 e. The van der Waals surface area contributed by atoms with E-state index in [1.807, 2.05) is 18.2 Å². The van der Waals surface area contributed by atoms with Crippen LogP contribution >= 0.6 is 0 Å². The number of benzene rings is 2. The number of aromatic nitrogens is 2. The molecule has 4 aromatic rings. The van der Waals surface area contributed by atoms with E-state index in [-0.39, 0.29) is 0 Å². The Balaban J connectivity index is 1.81. The van der Waals surface area contributed by atoms with Crippen LogP contribution in [0, 0.1) is 0 Å². The van der Waals surface area contributed by atoms with Gasteiger partial charge >= 0.3 is 5.89 Å². The third-order valence-electron chi connectivity index (χ3n) is 4.64. The van der Waals surface area contributed by atoms with Crippen LogP contribution in [-0.2, 0) is 13.1 Å². The molecule has 2 aromatic heterocycles. The Kier molecular flexibility index (Phi) is 4.06. The van der Waals surface area contributed by atoms with E-state index >= 15 is 0 Å². The van der Waals surface area contributed by atoms with Crippen molar-refractivity contribution in [1.82, 2.24) is 0 Å². The molecule has 2 heterocycles. The third-order valence-corrected chi connectivity index (χ3v) is 4.64. The molecule has 25 heavy (non-hydrogen) atoms. The smallest absolute Gasteiger partial charge is 0.374 e. The maximum atomic E-state index is 6.04. The average molecular weight is 330 g/mol. The lowest BCUT2D eigenvalue weighted by atomic mass is 10.2. The number of rotatable bonds is 4. The van der Waals surface area contributed by atoms with Crippen molar-refractivity contribution in [3.63, 3.8) is 0 Å². The van der Waals surface area contributed by atoms with Crippen LogP contribution in [0.2, 0.25) is 0 Å². The van der Waals surface area contributed by atoms with Gasteiger partial charge in [0.05, 0.1) is 6.08 Å². The van der Waals surface area contributed by atoms with E-state index in [2.05, 4.69) is 77.6 Å². The second-order valence-electron chi connectivity index (χ2n) is 6.05. The summed E-state index contributed by atoms with van der Waals surface area (Å²) in [6.07, 6.45) is 4.21. The molecule has 0 radical (unpaired) electrons. The van der Waals surface area contributed by atoms with E-state index in [4.69, 9.17) is 4.42 Å². The van der Waals surface area contributed by atoms with Crippen molar-refractivity contribution in [3.05, 3.63) is 72.2 Å². The lowest BCUT2D eigenvalue weighted by Crippen LogP contribution is -2.36. The zero-order valence-electron chi connectivity index (χ0n) is 14.6. The van der Waals surface area contributed by atoms with Crippen molar-refractivity contribution >= 4 is 34.2 Å². The summed E-state index contributed by atoms with van der Waals surface area (Å²) >= 11 is 0. The Morgan fingerprint density at radius 1 is 0.760 bits per heavy atom. The molecule has 2 aromatic carbocycles. The van der Waals surface area contributed by atoms with Crippen molar-refractivity contribution < 1.29 is 13.6 Å².